The van der Waals surface area contributed by atoms with E-state index in [9.17, 15) is 0 Å². The molecule has 3 nitrogen and oxygen atoms in total. The van der Waals surface area contributed by atoms with E-state index in [1.807, 2.05) is 6.20 Å². The highest BCUT2D eigenvalue weighted by Gasteiger charge is 2.20. The molecule has 1 N–H and O–H groups in total. The molecule has 0 saturated heterocycles. The molecule has 0 bridgehead atoms. The number of aromatic nitrogens is 2. The fraction of sp³-hybridized carbons (Fsp3) is 0.462. The Morgan fingerprint density at radius 2 is 2.33 bits per heavy atom. The van der Waals surface area contributed by atoms with E-state index < -0.39 is 0 Å². The topological polar surface area (TPSA) is 29.9 Å². The standard InChI is InChI=1S/C13H16BrN3S/c1-9-10(6-15-11-2-3-11)7-16-17(9)8-12-4-5-13(14)18-12/h4-5,7,11,15H,2-3,6,8H2,1H3. The van der Waals surface area contributed by atoms with Crippen molar-refractivity contribution in [3.63, 3.8) is 0 Å². The zero-order valence-corrected chi connectivity index (χ0v) is 12.7. The van der Waals surface area contributed by atoms with Crippen LogP contribution in [0.15, 0.2) is 22.1 Å². The highest BCUT2D eigenvalue weighted by Crippen LogP contribution is 2.24. The Morgan fingerprint density at radius 1 is 1.50 bits per heavy atom. The molecule has 0 radical (unpaired) electrons. The lowest BCUT2D eigenvalue weighted by atomic mass is 10.2. The molecule has 2 aromatic rings. The number of thiophene rings is 1. The first-order valence-electron chi connectivity index (χ1n) is 6.21. The van der Waals surface area contributed by atoms with Crippen LogP contribution < -0.4 is 5.32 Å². The molecule has 0 atom stereocenters. The summed E-state index contributed by atoms with van der Waals surface area (Å²) in [5, 5.41) is 8.02. The second-order valence-corrected chi connectivity index (χ2v) is 7.32. The van der Waals surface area contributed by atoms with Gasteiger partial charge in [0.05, 0.1) is 16.5 Å². The van der Waals surface area contributed by atoms with Gasteiger partial charge in [-0.05, 0) is 47.8 Å². The van der Waals surface area contributed by atoms with E-state index in [2.05, 4.69) is 50.1 Å². The average molecular weight is 326 g/mol. The van der Waals surface area contributed by atoms with Crippen molar-refractivity contribution in [2.75, 3.05) is 0 Å². The summed E-state index contributed by atoms with van der Waals surface area (Å²) in [7, 11) is 0. The first kappa shape index (κ1) is 12.4. The van der Waals surface area contributed by atoms with Crippen LogP contribution in [0.5, 0.6) is 0 Å². The van der Waals surface area contributed by atoms with Crippen molar-refractivity contribution in [2.45, 2.75) is 38.9 Å². The molecule has 0 amide bonds. The molecule has 1 fully saturated rings. The quantitative estimate of drug-likeness (QED) is 0.913. The van der Waals surface area contributed by atoms with Crippen LogP contribution in [0.2, 0.25) is 0 Å². The smallest absolute Gasteiger partial charge is 0.0755 e. The normalized spacial score (nSPS) is 15.2. The van der Waals surface area contributed by atoms with Crippen LogP contribution in [0.4, 0.5) is 0 Å². The van der Waals surface area contributed by atoms with Crippen LogP contribution in [-0.4, -0.2) is 15.8 Å². The third-order valence-electron chi connectivity index (χ3n) is 3.30. The first-order chi connectivity index (χ1) is 8.72. The molecule has 2 heterocycles. The number of nitrogens with one attached hydrogen (secondary N) is 1. The zero-order valence-electron chi connectivity index (χ0n) is 10.3. The molecule has 3 rings (SSSR count). The molecule has 5 heteroatoms. The summed E-state index contributed by atoms with van der Waals surface area (Å²) in [6.07, 6.45) is 4.65. The van der Waals surface area contributed by atoms with E-state index in [-0.39, 0.29) is 0 Å². The summed E-state index contributed by atoms with van der Waals surface area (Å²) >= 11 is 5.26. The van der Waals surface area contributed by atoms with Gasteiger partial charge in [0, 0.05) is 28.7 Å². The van der Waals surface area contributed by atoms with Crippen molar-refractivity contribution in [2.24, 2.45) is 0 Å². The zero-order chi connectivity index (χ0) is 12.5. The number of hydrogen-bond acceptors (Lipinski definition) is 3. The monoisotopic (exact) mass is 325 g/mol. The third-order valence-corrected chi connectivity index (χ3v) is 4.91. The van der Waals surface area contributed by atoms with Crippen LogP contribution in [0.1, 0.15) is 29.0 Å². The highest BCUT2D eigenvalue weighted by atomic mass is 79.9. The molecule has 1 aliphatic carbocycles. The Hall–Kier alpha value is -0.650. The molecule has 0 aromatic carbocycles. The van der Waals surface area contributed by atoms with E-state index in [0.717, 1.165) is 19.1 Å². The van der Waals surface area contributed by atoms with E-state index in [0.29, 0.717) is 0 Å². The second kappa shape index (κ2) is 5.15. The Morgan fingerprint density at radius 3 is 3.00 bits per heavy atom. The lowest BCUT2D eigenvalue weighted by Gasteiger charge is -2.05. The van der Waals surface area contributed by atoms with Crippen LogP contribution in [0.25, 0.3) is 0 Å². The maximum Gasteiger partial charge on any atom is 0.0755 e. The van der Waals surface area contributed by atoms with Gasteiger partial charge in [-0.2, -0.15) is 5.10 Å². The summed E-state index contributed by atoms with van der Waals surface area (Å²) in [5.74, 6) is 0. The van der Waals surface area contributed by atoms with Gasteiger partial charge in [0.2, 0.25) is 0 Å². The molecule has 18 heavy (non-hydrogen) atoms. The summed E-state index contributed by atoms with van der Waals surface area (Å²) in [6, 6.07) is 4.99. The molecule has 0 unspecified atom stereocenters. The number of hydrogen-bond donors (Lipinski definition) is 1. The van der Waals surface area contributed by atoms with E-state index >= 15 is 0 Å². The van der Waals surface area contributed by atoms with Crippen LogP contribution in [0, 0.1) is 6.92 Å². The van der Waals surface area contributed by atoms with Gasteiger partial charge < -0.3 is 5.32 Å². The minimum Gasteiger partial charge on any atom is -0.310 e. The summed E-state index contributed by atoms with van der Waals surface area (Å²) < 4.78 is 3.26. The van der Waals surface area contributed by atoms with Crippen molar-refractivity contribution >= 4 is 27.3 Å². The van der Waals surface area contributed by atoms with Gasteiger partial charge in [0.15, 0.2) is 0 Å². The third kappa shape index (κ3) is 2.84. The Balaban J connectivity index is 1.68. The van der Waals surface area contributed by atoms with E-state index in [1.54, 1.807) is 11.3 Å². The second-order valence-electron chi connectivity index (χ2n) is 4.77. The van der Waals surface area contributed by atoms with Crippen LogP contribution in [-0.2, 0) is 13.1 Å². The Kier molecular flexibility index (Phi) is 3.54. The lowest BCUT2D eigenvalue weighted by molar-refractivity contribution is 0.659. The van der Waals surface area contributed by atoms with Gasteiger partial charge in [-0.3, -0.25) is 4.68 Å². The van der Waals surface area contributed by atoms with Gasteiger partial charge in [-0.25, -0.2) is 0 Å². The average Bonchev–Trinajstić information content (AvgIpc) is 3.01. The molecule has 2 aromatic heterocycles. The first-order valence-corrected chi connectivity index (χ1v) is 7.82. The Labute approximate surface area is 119 Å². The van der Waals surface area contributed by atoms with E-state index in [4.69, 9.17) is 0 Å². The fourth-order valence-corrected chi connectivity index (χ4v) is 3.41. The molecule has 1 saturated carbocycles. The summed E-state index contributed by atoms with van der Waals surface area (Å²) in [4.78, 5) is 1.33. The van der Waals surface area contributed by atoms with Gasteiger partial charge >= 0.3 is 0 Å². The number of rotatable bonds is 5. The maximum absolute atomic E-state index is 4.49. The molecular formula is C13H16BrN3S. The van der Waals surface area contributed by atoms with Gasteiger partial charge in [0.25, 0.3) is 0 Å². The summed E-state index contributed by atoms with van der Waals surface area (Å²) in [5.41, 5.74) is 2.59. The SMILES string of the molecule is Cc1c(CNC2CC2)cnn1Cc1ccc(Br)s1. The maximum atomic E-state index is 4.49. The van der Waals surface area contributed by atoms with E-state index in [1.165, 1.54) is 32.8 Å². The summed E-state index contributed by atoms with van der Waals surface area (Å²) in [6.45, 7) is 3.97. The molecular weight excluding hydrogens is 310 g/mol. The minimum absolute atomic E-state index is 0.751. The molecule has 0 aliphatic heterocycles. The van der Waals surface area contributed by atoms with Gasteiger partial charge in [-0.1, -0.05) is 0 Å². The Bertz CT molecular complexity index is 542. The largest absolute Gasteiger partial charge is 0.310 e. The van der Waals surface area contributed by atoms with Crippen molar-refractivity contribution in [3.05, 3.63) is 38.3 Å². The predicted molar refractivity (Wildman–Crippen MR) is 77.9 cm³/mol. The van der Waals surface area contributed by atoms with Crippen molar-refractivity contribution in [1.82, 2.24) is 15.1 Å². The van der Waals surface area contributed by atoms with Crippen LogP contribution >= 0.6 is 27.3 Å². The molecule has 0 spiro atoms. The fourth-order valence-electron chi connectivity index (χ4n) is 1.94. The lowest BCUT2D eigenvalue weighted by Crippen LogP contribution is -2.15. The highest BCUT2D eigenvalue weighted by molar-refractivity contribution is 9.11. The number of halogens is 1. The van der Waals surface area contributed by atoms with Crippen molar-refractivity contribution in [3.8, 4) is 0 Å². The predicted octanol–water partition coefficient (Wildman–Crippen LogP) is 3.32. The van der Waals surface area contributed by atoms with Gasteiger partial charge in [0.1, 0.15) is 0 Å². The van der Waals surface area contributed by atoms with Crippen molar-refractivity contribution < 1.29 is 0 Å². The van der Waals surface area contributed by atoms with Crippen molar-refractivity contribution in [1.29, 1.82) is 0 Å². The molecule has 1 aliphatic rings. The van der Waals surface area contributed by atoms with Crippen LogP contribution in [0.3, 0.4) is 0 Å². The minimum atomic E-state index is 0.751. The molecule has 96 valence electrons. The number of nitrogens with zero attached hydrogens (tertiary/aromatic N) is 2. The van der Waals surface area contributed by atoms with Gasteiger partial charge in [-0.15, -0.1) is 11.3 Å².